The monoisotopic (exact) mass is 427 g/mol. The molecule has 1 saturated heterocycles. The standard InChI is InChI=1S/C22H22FN3O3S/c23-18-6-8-19(9-7-18)30(28,29)26-11-3-10-25(12-13-26)22(27)20-14-16-4-1-2-5-17(16)15-21(20)24/h1-2,4-9,14-15H,3,10-13,24H2. The molecule has 8 heteroatoms. The number of nitrogens with zero attached hydrogens (tertiary/aromatic N) is 2. The van der Waals surface area contributed by atoms with Gasteiger partial charge in [0.25, 0.3) is 5.91 Å². The molecule has 0 bridgehead atoms. The fourth-order valence-electron chi connectivity index (χ4n) is 3.71. The van der Waals surface area contributed by atoms with Gasteiger partial charge in [0, 0.05) is 31.9 Å². The molecule has 1 amide bonds. The summed E-state index contributed by atoms with van der Waals surface area (Å²) in [6, 6.07) is 16.0. The van der Waals surface area contributed by atoms with E-state index in [0.717, 1.165) is 22.9 Å². The predicted molar refractivity (Wildman–Crippen MR) is 114 cm³/mol. The lowest BCUT2D eigenvalue weighted by Crippen LogP contribution is -2.37. The number of nitrogen functional groups attached to an aromatic ring is 1. The Bertz CT molecular complexity index is 1200. The van der Waals surface area contributed by atoms with Gasteiger partial charge < -0.3 is 10.6 Å². The van der Waals surface area contributed by atoms with Crippen LogP contribution >= 0.6 is 0 Å². The van der Waals surface area contributed by atoms with E-state index in [4.69, 9.17) is 5.73 Å². The summed E-state index contributed by atoms with van der Waals surface area (Å²) in [6.07, 6.45) is 0.500. The number of halogens is 1. The number of rotatable bonds is 3. The van der Waals surface area contributed by atoms with Gasteiger partial charge in [0.05, 0.1) is 10.5 Å². The van der Waals surface area contributed by atoms with E-state index in [-0.39, 0.29) is 30.4 Å². The molecular weight excluding hydrogens is 405 g/mol. The first-order chi connectivity index (χ1) is 14.4. The molecule has 1 aliphatic rings. The first-order valence-corrected chi connectivity index (χ1v) is 11.1. The number of fused-ring (bicyclic) bond motifs is 1. The Labute approximate surface area is 174 Å². The highest BCUT2D eigenvalue weighted by molar-refractivity contribution is 7.89. The van der Waals surface area contributed by atoms with Gasteiger partial charge in [-0.2, -0.15) is 4.31 Å². The van der Waals surface area contributed by atoms with Gasteiger partial charge in [-0.15, -0.1) is 0 Å². The molecule has 0 radical (unpaired) electrons. The highest BCUT2D eigenvalue weighted by Gasteiger charge is 2.29. The number of sulfonamides is 1. The van der Waals surface area contributed by atoms with Crippen LogP contribution in [0.25, 0.3) is 10.8 Å². The molecule has 0 spiro atoms. The maximum atomic E-state index is 13.2. The molecule has 0 atom stereocenters. The van der Waals surface area contributed by atoms with E-state index in [1.807, 2.05) is 24.3 Å². The smallest absolute Gasteiger partial charge is 0.256 e. The molecule has 1 aliphatic heterocycles. The number of benzene rings is 3. The maximum Gasteiger partial charge on any atom is 0.256 e. The van der Waals surface area contributed by atoms with Crippen molar-refractivity contribution in [2.75, 3.05) is 31.9 Å². The van der Waals surface area contributed by atoms with E-state index in [1.54, 1.807) is 17.0 Å². The number of amides is 1. The number of anilines is 1. The van der Waals surface area contributed by atoms with Gasteiger partial charge in [-0.25, -0.2) is 12.8 Å². The first-order valence-electron chi connectivity index (χ1n) is 9.69. The Morgan fingerprint density at radius 3 is 2.27 bits per heavy atom. The third kappa shape index (κ3) is 3.88. The normalized spacial score (nSPS) is 15.8. The number of carbonyl (C=O) groups is 1. The van der Waals surface area contributed by atoms with E-state index in [2.05, 4.69) is 0 Å². The van der Waals surface area contributed by atoms with Crippen LogP contribution in [0.3, 0.4) is 0 Å². The highest BCUT2D eigenvalue weighted by atomic mass is 32.2. The van der Waals surface area contributed by atoms with E-state index in [1.165, 1.54) is 16.4 Å². The molecule has 0 saturated carbocycles. The first kappa shape index (κ1) is 20.3. The largest absolute Gasteiger partial charge is 0.398 e. The second kappa shape index (κ2) is 8.04. The lowest BCUT2D eigenvalue weighted by atomic mass is 10.0. The van der Waals surface area contributed by atoms with Crippen LogP contribution in [-0.2, 0) is 10.0 Å². The summed E-state index contributed by atoms with van der Waals surface area (Å²) in [5.41, 5.74) is 6.96. The van der Waals surface area contributed by atoms with Crippen molar-refractivity contribution in [3.63, 3.8) is 0 Å². The zero-order valence-corrected chi connectivity index (χ0v) is 17.1. The topological polar surface area (TPSA) is 83.7 Å². The summed E-state index contributed by atoms with van der Waals surface area (Å²) in [5.74, 6) is -0.700. The lowest BCUT2D eigenvalue weighted by molar-refractivity contribution is 0.0765. The van der Waals surface area contributed by atoms with Crippen LogP contribution in [0.15, 0.2) is 65.6 Å². The molecule has 4 rings (SSSR count). The summed E-state index contributed by atoms with van der Waals surface area (Å²) < 4.78 is 40.3. The van der Waals surface area contributed by atoms with Gasteiger partial charge in [-0.1, -0.05) is 24.3 Å². The molecule has 6 nitrogen and oxygen atoms in total. The number of carbonyl (C=O) groups excluding carboxylic acids is 1. The summed E-state index contributed by atoms with van der Waals surface area (Å²) in [7, 11) is -3.75. The third-order valence-corrected chi connectivity index (χ3v) is 7.25. The molecule has 1 heterocycles. The lowest BCUT2D eigenvalue weighted by Gasteiger charge is -2.22. The third-order valence-electron chi connectivity index (χ3n) is 5.34. The van der Waals surface area contributed by atoms with Gasteiger partial charge in [-0.3, -0.25) is 4.79 Å². The number of hydrogen-bond donors (Lipinski definition) is 1. The SMILES string of the molecule is Nc1cc2ccccc2cc1C(=O)N1CCCN(S(=O)(=O)c2ccc(F)cc2)CC1. The van der Waals surface area contributed by atoms with Crippen molar-refractivity contribution in [2.24, 2.45) is 0 Å². The molecule has 0 unspecified atom stereocenters. The molecule has 156 valence electrons. The van der Waals surface area contributed by atoms with Crippen molar-refractivity contribution in [3.8, 4) is 0 Å². The summed E-state index contributed by atoms with van der Waals surface area (Å²) >= 11 is 0. The minimum atomic E-state index is -3.75. The van der Waals surface area contributed by atoms with E-state index >= 15 is 0 Å². The average molecular weight is 428 g/mol. The minimum Gasteiger partial charge on any atom is -0.398 e. The van der Waals surface area contributed by atoms with Crippen molar-refractivity contribution in [1.82, 2.24) is 9.21 Å². The van der Waals surface area contributed by atoms with E-state index in [9.17, 15) is 17.6 Å². The van der Waals surface area contributed by atoms with Gasteiger partial charge >= 0.3 is 0 Å². The van der Waals surface area contributed by atoms with Crippen LogP contribution in [0.4, 0.5) is 10.1 Å². The van der Waals surface area contributed by atoms with E-state index in [0.29, 0.717) is 24.2 Å². The van der Waals surface area contributed by atoms with Crippen LogP contribution in [-0.4, -0.2) is 49.7 Å². The Morgan fingerprint density at radius 1 is 0.900 bits per heavy atom. The second-order valence-corrected chi connectivity index (χ2v) is 9.23. The van der Waals surface area contributed by atoms with Crippen molar-refractivity contribution < 1.29 is 17.6 Å². The maximum absolute atomic E-state index is 13.2. The zero-order chi connectivity index (χ0) is 21.3. The second-order valence-electron chi connectivity index (χ2n) is 7.29. The Balaban J connectivity index is 1.54. The molecule has 3 aromatic carbocycles. The van der Waals surface area contributed by atoms with Gasteiger partial charge in [0.2, 0.25) is 10.0 Å². The molecule has 2 N–H and O–H groups in total. The summed E-state index contributed by atoms with van der Waals surface area (Å²) in [5, 5.41) is 1.88. The minimum absolute atomic E-state index is 0.0439. The molecule has 0 aliphatic carbocycles. The van der Waals surface area contributed by atoms with E-state index < -0.39 is 15.8 Å². The predicted octanol–water partition coefficient (Wildman–Crippen LogP) is 3.10. The molecule has 0 aromatic heterocycles. The van der Waals surface area contributed by atoms with Crippen molar-refractivity contribution in [1.29, 1.82) is 0 Å². The van der Waals surface area contributed by atoms with Crippen LogP contribution in [0, 0.1) is 5.82 Å². The fraction of sp³-hybridized carbons (Fsp3) is 0.227. The molecule has 3 aromatic rings. The number of hydrogen-bond acceptors (Lipinski definition) is 4. The van der Waals surface area contributed by atoms with Crippen molar-refractivity contribution >= 4 is 32.4 Å². The molecule has 1 fully saturated rings. The number of nitrogens with two attached hydrogens (primary N) is 1. The van der Waals surface area contributed by atoms with Crippen LogP contribution in [0.5, 0.6) is 0 Å². The quantitative estimate of drug-likeness (QED) is 0.651. The van der Waals surface area contributed by atoms with Crippen LogP contribution < -0.4 is 5.73 Å². The van der Waals surface area contributed by atoms with Crippen LogP contribution in [0.1, 0.15) is 16.8 Å². The fourth-order valence-corrected chi connectivity index (χ4v) is 5.18. The Morgan fingerprint density at radius 2 is 1.57 bits per heavy atom. The Hall–Kier alpha value is -2.97. The van der Waals surface area contributed by atoms with Gasteiger partial charge in [0.15, 0.2) is 0 Å². The summed E-state index contributed by atoms with van der Waals surface area (Å²) in [6.45, 7) is 1.14. The van der Waals surface area contributed by atoms with Crippen molar-refractivity contribution in [3.05, 3.63) is 72.0 Å². The van der Waals surface area contributed by atoms with Crippen molar-refractivity contribution in [2.45, 2.75) is 11.3 Å². The molecular formula is C22H22FN3O3S. The van der Waals surface area contributed by atoms with Crippen LogP contribution in [0.2, 0.25) is 0 Å². The average Bonchev–Trinajstić information content (AvgIpc) is 3.00. The highest BCUT2D eigenvalue weighted by Crippen LogP contribution is 2.24. The Kier molecular flexibility index (Phi) is 5.44. The molecule has 30 heavy (non-hydrogen) atoms. The van der Waals surface area contributed by atoms with Gasteiger partial charge in [0.1, 0.15) is 5.82 Å². The summed E-state index contributed by atoms with van der Waals surface area (Å²) in [4.78, 5) is 14.8. The van der Waals surface area contributed by atoms with Gasteiger partial charge in [-0.05, 0) is 53.6 Å². The zero-order valence-electron chi connectivity index (χ0n) is 16.3.